The molecule has 128 valence electrons. The average Bonchev–Trinajstić information content (AvgIpc) is 2.54. The Morgan fingerprint density at radius 3 is 2.38 bits per heavy atom. The molecule has 2 aromatic rings. The second-order valence-corrected chi connectivity index (χ2v) is 8.30. The van der Waals surface area contributed by atoms with Gasteiger partial charge in [-0.1, -0.05) is 59.1 Å². The molecule has 0 fully saturated rings. The number of carbonyl (C=O) groups is 1. The van der Waals surface area contributed by atoms with Crippen LogP contribution in [0, 0.1) is 3.57 Å². The molecule has 8 heteroatoms. The first kappa shape index (κ1) is 19.4. The summed E-state index contributed by atoms with van der Waals surface area (Å²) in [4.78, 5) is 12.5. The van der Waals surface area contributed by atoms with E-state index in [1.165, 1.54) is 7.11 Å². The smallest absolute Gasteiger partial charge is 0.254 e. The molecule has 0 aliphatic carbocycles. The third kappa shape index (κ3) is 5.05. The van der Waals surface area contributed by atoms with Crippen molar-refractivity contribution in [1.29, 1.82) is 0 Å². The fourth-order valence-corrected chi connectivity index (χ4v) is 2.93. The molecule has 0 saturated carbocycles. The van der Waals surface area contributed by atoms with E-state index in [-0.39, 0.29) is 5.91 Å². The molecule has 1 unspecified atom stereocenters. The van der Waals surface area contributed by atoms with Gasteiger partial charge in [0, 0.05) is 3.57 Å². The minimum absolute atomic E-state index is 0.348. The molecular formula is C16H14Cl3IN2O2. The summed E-state index contributed by atoms with van der Waals surface area (Å²) < 4.78 is 4.29. The zero-order chi connectivity index (χ0) is 17.7. The number of halogens is 4. The second-order valence-electron chi connectivity index (χ2n) is 4.77. The zero-order valence-corrected chi connectivity index (χ0v) is 16.9. The highest BCUT2D eigenvalue weighted by molar-refractivity contribution is 14.1. The summed E-state index contributed by atoms with van der Waals surface area (Å²) in [7, 11) is 1.54. The normalized spacial score (nSPS) is 12.4. The van der Waals surface area contributed by atoms with E-state index in [1.54, 1.807) is 24.3 Å². The van der Waals surface area contributed by atoms with Gasteiger partial charge in [0.25, 0.3) is 5.91 Å². The van der Waals surface area contributed by atoms with Crippen LogP contribution in [0.15, 0.2) is 48.5 Å². The van der Waals surface area contributed by atoms with E-state index in [0.717, 1.165) is 3.57 Å². The highest BCUT2D eigenvalue weighted by Gasteiger charge is 2.35. The first-order valence-electron chi connectivity index (χ1n) is 6.84. The maximum absolute atomic E-state index is 12.5. The quantitative estimate of drug-likeness (QED) is 0.352. The number of benzene rings is 2. The highest BCUT2D eigenvalue weighted by atomic mass is 127. The summed E-state index contributed by atoms with van der Waals surface area (Å²) in [5, 5.41) is 5.71. The van der Waals surface area contributed by atoms with Gasteiger partial charge in [0.1, 0.15) is 11.9 Å². The molecule has 0 radical (unpaired) electrons. The van der Waals surface area contributed by atoms with Crippen LogP contribution in [-0.4, -0.2) is 23.0 Å². The maximum Gasteiger partial charge on any atom is 0.254 e. The second kappa shape index (κ2) is 8.47. The molecule has 0 saturated heterocycles. The van der Waals surface area contributed by atoms with Crippen molar-refractivity contribution in [2.45, 2.75) is 9.96 Å². The van der Waals surface area contributed by atoms with Gasteiger partial charge in [-0.15, -0.1) is 0 Å². The average molecular weight is 500 g/mol. The number of alkyl halides is 3. The first-order chi connectivity index (χ1) is 11.3. The van der Waals surface area contributed by atoms with Crippen LogP contribution in [0.4, 0.5) is 5.69 Å². The van der Waals surface area contributed by atoms with Gasteiger partial charge in [0.2, 0.25) is 3.79 Å². The molecule has 0 aromatic heterocycles. The number of nitrogens with one attached hydrogen (secondary N) is 2. The number of methoxy groups -OCH3 is 1. The van der Waals surface area contributed by atoms with Crippen molar-refractivity contribution in [1.82, 2.24) is 5.32 Å². The molecule has 0 bridgehead atoms. The van der Waals surface area contributed by atoms with Gasteiger partial charge in [-0.2, -0.15) is 0 Å². The van der Waals surface area contributed by atoms with Crippen molar-refractivity contribution in [3.05, 3.63) is 57.7 Å². The van der Waals surface area contributed by atoms with Crippen molar-refractivity contribution in [2.75, 3.05) is 12.4 Å². The Labute approximate surface area is 168 Å². The Balaban J connectivity index is 2.24. The number of hydrogen-bond acceptors (Lipinski definition) is 3. The lowest BCUT2D eigenvalue weighted by atomic mass is 10.2. The lowest BCUT2D eigenvalue weighted by Gasteiger charge is -2.28. The molecule has 0 aliphatic heterocycles. The zero-order valence-electron chi connectivity index (χ0n) is 12.5. The van der Waals surface area contributed by atoms with Crippen LogP contribution in [0.3, 0.4) is 0 Å². The number of rotatable bonds is 5. The summed E-state index contributed by atoms with van der Waals surface area (Å²) in [6.07, 6.45) is -0.956. The molecule has 0 heterocycles. The summed E-state index contributed by atoms with van der Waals surface area (Å²) in [6, 6.07) is 14.3. The van der Waals surface area contributed by atoms with Gasteiger partial charge in [0.15, 0.2) is 0 Å². The van der Waals surface area contributed by atoms with E-state index in [4.69, 9.17) is 39.5 Å². The van der Waals surface area contributed by atoms with Crippen molar-refractivity contribution in [3.63, 3.8) is 0 Å². The largest absolute Gasteiger partial charge is 0.495 e. The lowest BCUT2D eigenvalue weighted by Crippen LogP contribution is -2.49. The molecule has 1 amide bonds. The number of ether oxygens (including phenoxy) is 1. The molecular weight excluding hydrogens is 485 g/mol. The summed E-state index contributed by atoms with van der Waals surface area (Å²) in [6.45, 7) is 0. The van der Waals surface area contributed by atoms with Crippen LogP contribution in [0.1, 0.15) is 10.4 Å². The number of para-hydroxylation sites is 2. The molecule has 2 rings (SSSR count). The van der Waals surface area contributed by atoms with Gasteiger partial charge in [-0.25, -0.2) is 0 Å². The first-order valence-corrected chi connectivity index (χ1v) is 9.06. The van der Waals surface area contributed by atoms with Gasteiger partial charge in [-0.3, -0.25) is 4.79 Å². The maximum atomic E-state index is 12.5. The van der Waals surface area contributed by atoms with Gasteiger partial charge >= 0.3 is 0 Å². The molecule has 2 aromatic carbocycles. The van der Waals surface area contributed by atoms with Gasteiger partial charge in [0.05, 0.1) is 18.4 Å². The lowest BCUT2D eigenvalue weighted by molar-refractivity contribution is 0.0941. The monoisotopic (exact) mass is 498 g/mol. The summed E-state index contributed by atoms with van der Waals surface area (Å²) >= 11 is 20.2. The molecule has 0 spiro atoms. The highest BCUT2D eigenvalue weighted by Crippen LogP contribution is 2.33. The molecule has 4 nitrogen and oxygen atoms in total. The minimum atomic E-state index is -1.77. The number of amides is 1. The molecule has 2 N–H and O–H groups in total. The van der Waals surface area contributed by atoms with E-state index in [2.05, 4.69) is 33.2 Å². The number of hydrogen-bond donors (Lipinski definition) is 2. The third-order valence-electron chi connectivity index (χ3n) is 3.13. The Morgan fingerprint density at radius 2 is 1.75 bits per heavy atom. The van der Waals surface area contributed by atoms with E-state index < -0.39 is 9.96 Å². The topological polar surface area (TPSA) is 50.4 Å². The van der Waals surface area contributed by atoms with Gasteiger partial charge < -0.3 is 15.4 Å². The Kier molecular flexibility index (Phi) is 6.86. The molecule has 24 heavy (non-hydrogen) atoms. The van der Waals surface area contributed by atoms with Crippen LogP contribution in [-0.2, 0) is 0 Å². The van der Waals surface area contributed by atoms with Crippen LogP contribution >= 0.6 is 57.4 Å². The van der Waals surface area contributed by atoms with Crippen LogP contribution in [0.25, 0.3) is 0 Å². The van der Waals surface area contributed by atoms with Crippen molar-refractivity contribution in [3.8, 4) is 5.75 Å². The Morgan fingerprint density at radius 1 is 1.12 bits per heavy atom. The van der Waals surface area contributed by atoms with E-state index in [0.29, 0.717) is 17.0 Å². The summed E-state index contributed by atoms with van der Waals surface area (Å²) in [5.41, 5.74) is 1.10. The van der Waals surface area contributed by atoms with Crippen molar-refractivity contribution in [2.24, 2.45) is 0 Å². The standard InChI is InChI=1S/C16H14Cl3IN2O2/c1-24-13-9-5-4-8-12(13)21-15(16(17,18)19)22-14(23)10-6-2-3-7-11(10)20/h2-9,15,21H,1H3,(H,22,23). The van der Waals surface area contributed by atoms with Crippen LogP contribution < -0.4 is 15.4 Å². The van der Waals surface area contributed by atoms with Crippen molar-refractivity contribution < 1.29 is 9.53 Å². The fraction of sp³-hybridized carbons (Fsp3) is 0.188. The predicted octanol–water partition coefficient (Wildman–Crippen LogP) is 4.84. The third-order valence-corrected chi connectivity index (χ3v) is 4.72. The molecule has 1 atom stereocenters. The summed E-state index contributed by atoms with van der Waals surface area (Å²) in [5.74, 6) is 0.221. The fourth-order valence-electron chi connectivity index (χ4n) is 1.97. The van der Waals surface area contributed by atoms with E-state index >= 15 is 0 Å². The predicted molar refractivity (Wildman–Crippen MR) is 107 cm³/mol. The van der Waals surface area contributed by atoms with Crippen LogP contribution in [0.2, 0.25) is 0 Å². The minimum Gasteiger partial charge on any atom is -0.495 e. The van der Waals surface area contributed by atoms with Crippen LogP contribution in [0.5, 0.6) is 5.75 Å². The van der Waals surface area contributed by atoms with Gasteiger partial charge in [-0.05, 0) is 46.9 Å². The number of carbonyl (C=O) groups excluding carboxylic acids is 1. The number of anilines is 1. The SMILES string of the molecule is COc1ccccc1NC(NC(=O)c1ccccc1I)C(Cl)(Cl)Cl. The van der Waals surface area contributed by atoms with E-state index in [9.17, 15) is 4.79 Å². The Hall–Kier alpha value is -0.890. The van der Waals surface area contributed by atoms with Crippen molar-refractivity contribution >= 4 is 69.0 Å². The Bertz CT molecular complexity index is 722. The molecule has 0 aliphatic rings. The van der Waals surface area contributed by atoms with E-state index in [1.807, 2.05) is 24.3 Å².